The first-order valence-electron chi connectivity index (χ1n) is 7.99. The maximum atomic E-state index is 13.0. The molecule has 0 aliphatic carbocycles. The smallest absolute Gasteiger partial charge is 0.260 e. The summed E-state index contributed by atoms with van der Waals surface area (Å²) in [5.41, 5.74) is 0.909. The first-order chi connectivity index (χ1) is 12.5. The Morgan fingerprint density at radius 2 is 2.04 bits per heavy atom. The summed E-state index contributed by atoms with van der Waals surface area (Å²) < 4.78 is 13.7. The van der Waals surface area contributed by atoms with Gasteiger partial charge in [-0.3, -0.25) is 14.2 Å². The van der Waals surface area contributed by atoms with Gasteiger partial charge in [0.2, 0.25) is 11.7 Å². The number of nitrogens with zero attached hydrogens (tertiary/aromatic N) is 4. The molecule has 0 fully saturated rings. The van der Waals surface area contributed by atoms with Gasteiger partial charge in [-0.2, -0.15) is 14.6 Å². The Labute approximate surface area is 148 Å². The minimum atomic E-state index is -0.490. The molecule has 0 saturated carbocycles. The molecule has 0 radical (unpaired) electrons. The molecule has 26 heavy (non-hydrogen) atoms. The Morgan fingerprint density at radius 3 is 2.77 bits per heavy atom. The number of aromatic nitrogens is 4. The largest absolute Gasteiger partial charge is 0.497 e. The van der Waals surface area contributed by atoms with Gasteiger partial charge in [-0.1, -0.05) is 0 Å². The first-order valence-corrected chi connectivity index (χ1v) is 7.99. The number of benzene rings is 1. The third-order valence-electron chi connectivity index (χ3n) is 4.64. The van der Waals surface area contributed by atoms with E-state index in [0.717, 1.165) is 0 Å². The number of nitrogens with one attached hydrogen (secondary N) is 1. The van der Waals surface area contributed by atoms with Gasteiger partial charge >= 0.3 is 0 Å². The highest BCUT2D eigenvalue weighted by Gasteiger charge is 2.34. The van der Waals surface area contributed by atoms with Crippen molar-refractivity contribution >= 4 is 17.5 Å². The second-order valence-corrected chi connectivity index (χ2v) is 6.01. The van der Waals surface area contributed by atoms with Gasteiger partial charge in [-0.05, 0) is 18.2 Å². The fourth-order valence-corrected chi connectivity index (χ4v) is 3.39. The lowest BCUT2D eigenvalue weighted by molar-refractivity contribution is -0.116. The zero-order valence-electron chi connectivity index (χ0n) is 14.5. The van der Waals surface area contributed by atoms with Crippen molar-refractivity contribution < 1.29 is 14.3 Å². The van der Waals surface area contributed by atoms with Crippen LogP contribution in [-0.2, 0) is 11.8 Å². The van der Waals surface area contributed by atoms with E-state index in [1.165, 1.54) is 15.4 Å². The highest BCUT2D eigenvalue weighted by molar-refractivity contribution is 5.94. The van der Waals surface area contributed by atoms with Gasteiger partial charge in [0, 0.05) is 24.9 Å². The molecule has 1 aromatic carbocycles. The number of fused-ring (bicyclic) bond motifs is 3. The lowest BCUT2D eigenvalue weighted by Crippen LogP contribution is -2.35. The molecule has 1 amide bonds. The van der Waals surface area contributed by atoms with Crippen LogP contribution >= 0.6 is 0 Å². The molecule has 0 bridgehead atoms. The number of carbonyl (C=O) groups is 1. The number of hydrogen-bond donors (Lipinski definition) is 1. The molecule has 3 aromatic rings. The van der Waals surface area contributed by atoms with Crippen LogP contribution in [0.2, 0.25) is 0 Å². The minimum Gasteiger partial charge on any atom is -0.497 e. The van der Waals surface area contributed by atoms with Gasteiger partial charge in [0.1, 0.15) is 23.6 Å². The van der Waals surface area contributed by atoms with Crippen molar-refractivity contribution in [1.29, 1.82) is 0 Å². The fraction of sp³-hybridized carbons (Fsp3) is 0.294. The van der Waals surface area contributed by atoms with Gasteiger partial charge in [0.05, 0.1) is 19.8 Å². The molecule has 2 aromatic heterocycles. The summed E-state index contributed by atoms with van der Waals surface area (Å²) in [4.78, 5) is 29.5. The molecule has 9 nitrogen and oxygen atoms in total. The van der Waals surface area contributed by atoms with E-state index in [0.29, 0.717) is 34.2 Å². The van der Waals surface area contributed by atoms with E-state index in [1.54, 1.807) is 39.5 Å². The number of rotatable bonds is 3. The topological polar surface area (TPSA) is 99.8 Å². The van der Waals surface area contributed by atoms with E-state index in [4.69, 9.17) is 9.47 Å². The summed E-state index contributed by atoms with van der Waals surface area (Å²) in [6.07, 6.45) is 1.46. The maximum absolute atomic E-state index is 13.0. The van der Waals surface area contributed by atoms with Crippen LogP contribution in [0.25, 0.3) is 5.78 Å². The van der Waals surface area contributed by atoms with Crippen LogP contribution in [0.3, 0.4) is 0 Å². The fourth-order valence-electron chi connectivity index (χ4n) is 3.39. The van der Waals surface area contributed by atoms with Crippen LogP contribution in [0, 0.1) is 0 Å². The quantitative estimate of drug-likeness (QED) is 0.750. The highest BCUT2D eigenvalue weighted by Crippen LogP contribution is 2.40. The van der Waals surface area contributed by atoms with Crippen LogP contribution in [0.15, 0.2) is 29.3 Å². The molecule has 1 N–H and O–H groups in total. The van der Waals surface area contributed by atoms with Crippen molar-refractivity contribution in [2.24, 2.45) is 7.05 Å². The number of ether oxygens (including phenoxy) is 2. The Morgan fingerprint density at radius 1 is 1.23 bits per heavy atom. The summed E-state index contributed by atoms with van der Waals surface area (Å²) in [6.45, 7) is 0. The van der Waals surface area contributed by atoms with E-state index < -0.39 is 5.92 Å². The van der Waals surface area contributed by atoms with Gasteiger partial charge < -0.3 is 14.8 Å². The van der Waals surface area contributed by atoms with Crippen molar-refractivity contribution in [3.8, 4) is 11.5 Å². The molecule has 0 spiro atoms. The molecule has 1 aliphatic heterocycles. The zero-order chi connectivity index (χ0) is 18.4. The first kappa shape index (κ1) is 16.1. The third-order valence-corrected chi connectivity index (χ3v) is 4.64. The third kappa shape index (κ3) is 2.24. The summed E-state index contributed by atoms with van der Waals surface area (Å²) in [6, 6.07) is 5.32. The number of anilines is 1. The summed E-state index contributed by atoms with van der Waals surface area (Å²) in [5, 5.41) is 6.91. The lowest BCUT2D eigenvalue weighted by Gasteiger charge is -2.27. The average Bonchev–Trinajstić information content (AvgIpc) is 3.15. The molecule has 4 rings (SSSR count). The minimum absolute atomic E-state index is 0.117. The van der Waals surface area contributed by atoms with Crippen molar-refractivity contribution in [1.82, 2.24) is 19.2 Å². The number of amides is 1. The number of aryl methyl sites for hydroxylation is 1. The van der Waals surface area contributed by atoms with E-state index in [1.807, 2.05) is 0 Å². The molecule has 0 saturated heterocycles. The number of hydrogen-bond acceptors (Lipinski definition) is 6. The summed E-state index contributed by atoms with van der Waals surface area (Å²) in [7, 11) is 4.74. The van der Waals surface area contributed by atoms with Crippen LogP contribution < -0.4 is 20.3 Å². The Balaban J connectivity index is 2.04. The Kier molecular flexibility index (Phi) is 3.64. The lowest BCUT2D eigenvalue weighted by atomic mass is 9.86. The van der Waals surface area contributed by atoms with Crippen molar-refractivity contribution in [2.45, 2.75) is 12.3 Å². The van der Waals surface area contributed by atoms with Crippen LogP contribution in [0.5, 0.6) is 11.5 Å². The predicted molar refractivity (Wildman–Crippen MR) is 92.9 cm³/mol. The van der Waals surface area contributed by atoms with Gasteiger partial charge in [-0.25, -0.2) is 0 Å². The molecule has 9 heteroatoms. The predicted octanol–water partition coefficient (Wildman–Crippen LogP) is 0.919. The van der Waals surface area contributed by atoms with Gasteiger partial charge in [0.15, 0.2) is 0 Å². The molecule has 134 valence electrons. The van der Waals surface area contributed by atoms with E-state index >= 15 is 0 Å². The summed E-state index contributed by atoms with van der Waals surface area (Å²) >= 11 is 0. The van der Waals surface area contributed by atoms with Crippen LogP contribution in [0.1, 0.15) is 23.5 Å². The molecule has 1 aliphatic rings. The van der Waals surface area contributed by atoms with Crippen LogP contribution in [0.4, 0.5) is 5.82 Å². The Bertz CT molecular complexity index is 1080. The van der Waals surface area contributed by atoms with Crippen molar-refractivity contribution in [3.63, 3.8) is 0 Å². The maximum Gasteiger partial charge on any atom is 0.260 e. The molecule has 3 heterocycles. The highest BCUT2D eigenvalue weighted by atomic mass is 16.5. The standard InChI is InChI=1S/C17H17N5O4/c1-21-16(24)14-11(10-6-9(25-2)4-5-12(10)26-3)7-13(23)20-15(14)22-17(21)18-8-19-22/h4-6,8,11H,7H2,1-3H3,(H,20,23)/t11-/m1/s1. The zero-order valence-corrected chi connectivity index (χ0v) is 14.5. The number of carbonyl (C=O) groups excluding carboxylic acids is 1. The summed E-state index contributed by atoms with van der Waals surface area (Å²) in [5.74, 6) is 1.19. The molecule has 1 atom stereocenters. The van der Waals surface area contributed by atoms with Crippen LogP contribution in [-0.4, -0.2) is 39.3 Å². The van der Waals surface area contributed by atoms with Gasteiger partial charge in [-0.15, -0.1) is 0 Å². The normalized spacial score (nSPS) is 16.3. The SMILES string of the molecule is COc1ccc(OC)c([C@H]2CC(=O)Nc3c2c(=O)n(C)c2ncnn32)c1. The van der Waals surface area contributed by atoms with Crippen molar-refractivity contribution in [2.75, 3.05) is 19.5 Å². The Hall–Kier alpha value is -3.36. The van der Waals surface area contributed by atoms with Crippen molar-refractivity contribution in [3.05, 3.63) is 46.0 Å². The second kappa shape index (κ2) is 5.87. The van der Waals surface area contributed by atoms with E-state index in [-0.39, 0.29) is 17.9 Å². The second-order valence-electron chi connectivity index (χ2n) is 6.01. The van der Waals surface area contributed by atoms with E-state index in [2.05, 4.69) is 15.4 Å². The van der Waals surface area contributed by atoms with E-state index in [9.17, 15) is 9.59 Å². The molecule has 0 unspecified atom stereocenters. The average molecular weight is 355 g/mol. The molecular weight excluding hydrogens is 338 g/mol. The number of methoxy groups -OCH3 is 2. The molecular formula is C17H17N5O4. The monoisotopic (exact) mass is 355 g/mol. The van der Waals surface area contributed by atoms with Gasteiger partial charge in [0.25, 0.3) is 5.56 Å².